The van der Waals surface area contributed by atoms with Crippen LogP contribution < -0.4 is 0 Å². The number of benzene rings is 1. The standard InChI is InChI=1S/C18H22FN5O3/c1-13-17(24(26)27)12-23(20-13)14(2)18(25)22-9-7-21(8-10-22)11-15-3-5-16(19)6-4-15/h3-6,12,14H,7-11H2,1-2H3. The van der Waals surface area contributed by atoms with Crippen molar-refractivity contribution in [3.63, 3.8) is 0 Å². The summed E-state index contributed by atoms with van der Waals surface area (Å²) in [6.07, 6.45) is 1.31. The Bertz CT molecular complexity index is 828. The highest BCUT2D eigenvalue weighted by Crippen LogP contribution is 2.20. The van der Waals surface area contributed by atoms with Crippen molar-refractivity contribution in [2.24, 2.45) is 0 Å². The van der Waals surface area contributed by atoms with E-state index in [0.29, 0.717) is 38.4 Å². The molecule has 3 rings (SSSR count). The van der Waals surface area contributed by atoms with Crippen LogP contribution in [-0.4, -0.2) is 56.6 Å². The van der Waals surface area contributed by atoms with Crippen LogP contribution in [0, 0.1) is 22.9 Å². The Morgan fingerprint density at radius 1 is 1.26 bits per heavy atom. The smallest absolute Gasteiger partial charge is 0.309 e. The van der Waals surface area contributed by atoms with Crippen molar-refractivity contribution in [1.29, 1.82) is 0 Å². The summed E-state index contributed by atoms with van der Waals surface area (Å²) in [7, 11) is 0. The molecular formula is C18H22FN5O3. The van der Waals surface area contributed by atoms with Crippen LogP contribution in [0.1, 0.15) is 24.2 Å². The predicted molar refractivity (Wildman–Crippen MR) is 96.6 cm³/mol. The van der Waals surface area contributed by atoms with Gasteiger partial charge in [0.05, 0.1) is 4.92 Å². The second kappa shape index (κ2) is 7.83. The lowest BCUT2D eigenvalue weighted by atomic mass is 10.2. The Labute approximate surface area is 156 Å². The van der Waals surface area contributed by atoms with Crippen LogP contribution in [0.15, 0.2) is 30.5 Å². The normalized spacial score (nSPS) is 16.3. The van der Waals surface area contributed by atoms with Crippen molar-refractivity contribution >= 4 is 11.6 Å². The van der Waals surface area contributed by atoms with E-state index >= 15 is 0 Å². The van der Waals surface area contributed by atoms with Crippen LogP contribution in [0.3, 0.4) is 0 Å². The number of piperazine rings is 1. The van der Waals surface area contributed by atoms with Gasteiger partial charge >= 0.3 is 5.69 Å². The van der Waals surface area contributed by atoms with Crippen molar-refractivity contribution in [2.45, 2.75) is 26.4 Å². The van der Waals surface area contributed by atoms with Gasteiger partial charge in [-0.25, -0.2) is 4.39 Å². The average Bonchev–Trinajstić information content (AvgIpc) is 3.05. The zero-order valence-electron chi connectivity index (χ0n) is 15.3. The van der Waals surface area contributed by atoms with Crippen LogP contribution in [-0.2, 0) is 11.3 Å². The van der Waals surface area contributed by atoms with Crippen LogP contribution >= 0.6 is 0 Å². The Balaban J connectivity index is 1.57. The van der Waals surface area contributed by atoms with Crippen molar-refractivity contribution in [2.75, 3.05) is 26.2 Å². The number of hydrogen-bond acceptors (Lipinski definition) is 5. The van der Waals surface area contributed by atoms with Gasteiger partial charge in [0.1, 0.15) is 23.7 Å². The van der Waals surface area contributed by atoms with Gasteiger partial charge in [-0.05, 0) is 31.5 Å². The largest absolute Gasteiger partial charge is 0.338 e. The van der Waals surface area contributed by atoms with E-state index in [1.54, 1.807) is 30.9 Å². The summed E-state index contributed by atoms with van der Waals surface area (Å²) in [5, 5.41) is 15.1. The van der Waals surface area contributed by atoms with Gasteiger partial charge in [-0.2, -0.15) is 5.10 Å². The van der Waals surface area contributed by atoms with Gasteiger partial charge in [-0.3, -0.25) is 24.5 Å². The van der Waals surface area contributed by atoms with Gasteiger partial charge in [-0.1, -0.05) is 12.1 Å². The van der Waals surface area contributed by atoms with Crippen molar-refractivity contribution in [1.82, 2.24) is 19.6 Å². The van der Waals surface area contributed by atoms with Gasteiger partial charge in [0, 0.05) is 32.7 Å². The third kappa shape index (κ3) is 4.30. The number of carbonyl (C=O) groups excluding carboxylic acids is 1. The zero-order valence-corrected chi connectivity index (χ0v) is 15.3. The van der Waals surface area contributed by atoms with E-state index in [1.807, 2.05) is 0 Å². The van der Waals surface area contributed by atoms with Crippen LogP contribution in [0.25, 0.3) is 0 Å². The maximum atomic E-state index is 13.0. The molecule has 2 heterocycles. The van der Waals surface area contributed by atoms with Gasteiger partial charge in [-0.15, -0.1) is 0 Å². The number of nitrogens with zero attached hydrogens (tertiary/aromatic N) is 5. The molecule has 9 heteroatoms. The fourth-order valence-corrected chi connectivity index (χ4v) is 3.20. The number of rotatable bonds is 5. The van der Waals surface area contributed by atoms with Gasteiger partial charge < -0.3 is 4.90 Å². The van der Waals surface area contributed by atoms with Crippen molar-refractivity contribution < 1.29 is 14.1 Å². The molecule has 1 amide bonds. The van der Waals surface area contributed by atoms with Gasteiger partial charge in [0.25, 0.3) is 0 Å². The third-order valence-corrected chi connectivity index (χ3v) is 4.85. The average molecular weight is 375 g/mol. The number of nitro groups is 1. The molecule has 144 valence electrons. The highest BCUT2D eigenvalue weighted by molar-refractivity contribution is 5.80. The summed E-state index contributed by atoms with van der Waals surface area (Å²) in [5.41, 5.74) is 1.24. The summed E-state index contributed by atoms with van der Waals surface area (Å²) < 4.78 is 14.4. The first-order chi connectivity index (χ1) is 12.8. The summed E-state index contributed by atoms with van der Waals surface area (Å²) in [6, 6.07) is 5.83. The summed E-state index contributed by atoms with van der Waals surface area (Å²) >= 11 is 0. The summed E-state index contributed by atoms with van der Waals surface area (Å²) in [5.74, 6) is -0.355. The number of hydrogen-bond donors (Lipinski definition) is 0. The lowest BCUT2D eigenvalue weighted by Crippen LogP contribution is -2.49. The minimum atomic E-state index is -0.596. The molecule has 0 saturated carbocycles. The number of carbonyl (C=O) groups is 1. The highest BCUT2D eigenvalue weighted by Gasteiger charge is 2.28. The number of aromatic nitrogens is 2. The van der Waals surface area contributed by atoms with E-state index in [0.717, 1.165) is 5.56 Å². The molecule has 1 saturated heterocycles. The molecule has 27 heavy (non-hydrogen) atoms. The maximum Gasteiger partial charge on any atom is 0.309 e. The van der Waals surface area contributed by atoms with Gasteiger partial charge in [0.15, 0.2) is 0 Å². The molecule has 1 aromatic carbocycles. The molecule has 1 aliphatic rings. The molecule has 0 N–H and O–H groups in total. The van der Waals surface area contributed by atoms with Crippen LogP contribution in [0.5, 0.6) is 0 Å². The number of aryl methyl sites for hydroxylation is 1. The monoisotopic (exact) mass is 375 g/mol. The van der Waals surface area contributed by atoms with E-state index in [-0.39, 0.29) is 17.4 Å². The second-order valence-electron chi connectivity index (χ2n) is 6.74. The van der Waals surface area contributed by atoms with Crippen molar-refractivity contribution in [3.05, 3.63) is 57.7 Å². The Kier molecular flexibility index (Phi) is 5.50. The lowest BCUT2D eigenvalue weighted by Gasteiger charge is -2.36. The maximum absolute atomic E-state index is 13.0. The minimum Gasteiger partial charge on any atom is -0.338 e. The van der Waals surface area contributed by atoms with Crippen molar-refractivity contribution in [3.8, 4) is 0 Å². The van der Waals surface area contributed by atoms with E-state index < -0.39 is 11.0 Å². The highest BCUT2D eigenvalue weighted by atomic mass is 19.1. The number of amides is 1. The summed E-state index contributed by atoms with van der Waals surface area (Å²) in [4.78, 5) is 27.2. The Morgan fingerprint density at radius 3 is 2.44 bits per heavy atom. The van der Waals surface area contributed by atoms with E-state index in [2.05, 4.69) is 10.00 Å². The van der Waals surface area contributed by atoms with E-state index in [1.165, 1.54) is 23.0 Å². The number of halogens is 1. The Hall–Kier alpha value is -2.81. The molecule has 1 atom stereocenters. The molecule has 0 radical (unpaired) electrons. The molecular weight excluding hydrogens is 353 g/mol. The lowest BCUT2D eigenvalue weighted by molar-refractivity contribution is -0.385. The molecule has 0 bridgehead atoms. The van der Waals surface area contributed by atoms with E-state index in [4.69, 9.17) is 0 Å². The summed E-state index contributed by atoms with van der Waals surface area (Å²) in [6.45, 7) is 6.55. The first kappa shape index (κ1) is 19.0. The quantitative estimate of drug-likeness (QED) is 0.591. The second-order valence-corrected chi connectivity index (χ2v) is 6.74. The molecule has 0 aliphatic carbocycles. The molecule has 1 aromatic heterocycles. The first-order valence-electron chi connectivity index (χ1n) is 8.81. The topological polar surface area (TPSA) is 84.5 Å². The van der Waals surface area contributed by atoms with Crippen LogP contribution in [0.4, 0.5) is 10.1 Å². The minimum absolute atomic E-state index is 0.0845. The first-order valence-corrected chi connectivity index (χ1v) is 8.81. The molecule has 1 unspecified atom stereocenters. The fraction of sp³-hybridized carbons (Fsp3) is 0.444. The zero-order chi connectivity index (χ0) is 19.6. The van der Waals surface area contributed by atoms with Crippen LogP contribution in [0.2, 0.25) is 0 Å². The SMILES string of the molecule is Cc1nn(C(C)C(=O)N2CCN(Cc3ccc(F)cc3)CC2)cc1[N+](=O)[O-]. The van der Waals surface area contributed by atoms with E-state index in [9.17, 15) is 19.3 Å². The molecule has 1 fully saturated rings. The Morgan fingerprint density at radius 2 is 1.89 bits per heavy atom. The molecule has 2 aromatic rings. The predicted octanol–water partition coefficient (Wildman–Crippen LogP) is 2.14. The molecule has 0 spiro atoms. The molecule has 1 aliphatic heterocycles. The molecule has 8 nitrogen and oxygen atoms in total. The third-order valence-electron chi connectivity index (χ3n) is 4.85. The fourth-order valence-electron chi connectivity index (χ4n) is 3.20. The van der Waals surface area contributed by atoms with Gasteiger partial charge in [0.2, 0.25) is 5.91 Å².